The SMILES string of the molecule is [C-]#[N+]Cc1c[nH]c2ncc(-c3cc4c(c([C@H]5CCCN5)c3)COCC4)cc12. The molecule has 2 aromatic heterocycles. The predicted molar refractivity (Wildman–Crippen MR) is 105 cm³/mol. The van der Waals surface area contributed by atoms with Crippen LogP contribution in [0.5, 0.6) is 0 Å². The molecule has 5 heteroatoms. The average molecular weight is 358 g/mol. The van der Waals surface area contributed by atoms with Crippen molar-refractivity contribution in [2.75, 3.05) is 13.2 Å². The zero-order chi connectivity index (χ0) is 18.2. The number of nitrogens with zero attached hydrogens (tertiary/aromatic N) is 2. The maximum Gasteiger partial charge on any atom is 0.241 e. The quantitative estimate of drug-likeness (QED) is 0.692. The minimum Gasteiger partial charge on any atom is -0.376 e. The number of fused-ring (bicyclic) bond motifs is 2. The number of hydrogen-bond donors (Lipinski definition) is 2. The second kappa shape index (κ2) is 6.80. The minimum atomic E-state index is 0.379. The van der Waals surface area contributed by atoms with Gasteiger partial charge < -0.3 is 19.9 Å². The van der Waals surface area contributed by atoms with Gasteiger partial charge in [0.25, 0.3) is 0 Å². The molecule has 2 N–H and O–H groups in total. The van der Waals surface area contributed by atoms with E-state index in [0.29, 0.717) is 19.2 Å². The summed E-state index contributed by atoms with van der Waals surface area (Å²) in [5.74, 6) is 0. The number of H-pyrrole nitrogens is 1. The van der Waals surface area contributed by atoms with Gasteiger partial charge in [0.05, 0.1) is 18.8 Å². The zero-order valence-electron chi connectivity index (χ0n) is 15.2. The number of nitrogens with one attached hydrogen (secondary N) is 2. The molecule has 1 fully saturated rings. The van der Waals surface area contributed by atoms with Gasteiger partial charge in [0.2, 0.25) is 6.54 Å². The van der Waals surface area contributed by atoms with Crippen LogP contribution in [0.4, 0.5) is 0 Å². The molecule has 0 bridgehead atoms. The number of aromatic amines is 1. The molecule has 0 amide bonds. The van der Waals surface area contributed by atoms with Gasteiger partial charge in [0.15, 0.2) is 0 Å². The zero-order valence-corrected chi connectivity index (χ0v) is 15.2. The van der Waals surface area contributed by atoms with E-state index in [9.17, 15) is 0 Å². The molecule has 2 aliphatic heterocycles. The number of hydrogen-bond acceptors (Lipinski definition) is 3. The normalized spacial score (nSPS) is 19.1. The fourth-order valence-corrected chi connectivity index (χ4v) is 4.37. The van der Waals surface area contributed by atoms with E-state index in [1.165, 1.54) is 35.1 Å². The molecule has 0 saturated carbocycles. The number of aromatic nitrogens is 2. The molecule has 5 rings (SSSR count). The molecule has 0 spiro atoms. The van der Waals surface area contributed by atoms with Crippen LogP contribution < -0.4 is 5.32 Å². The van der Waals surface area contributed by atoms with Gasteiger partial charge in [-0.05, 0) is 60.2 Å². The first kappa shape index (κ1) is 16.5. The van der Waals surface area contributed by atoms with Crippen LogP contribution in [0.2, 0.25) is 0 Å². The van der Waals surface area contributed by atoms with Crippen molar-refractivity contribution in [1.82, 2.24) is 15.3 Å². The van der Waals surface area contributed by atoms with Gasteiger partial charge in [-0.15, -0.1) is 0 Å². The Bertz CT molecular complexity index is 1040. The summed E-state index contributed by atoms with van der Waals surface area (Å²) in [6.45, 7) is 10.1. The van der Waals surface area contributed by atoms with Crippen LogP contribution in [0, 0.1) is 6.57 Å². The molecule has 2 aliphatic rings. The highest BCUT2D eigenvalue weighted by Gasteiger charge is 2.24. The second-order valence-electron chi connectivity index (χ2n) is 7.40. The highest BCUT2D eigenvalue weighted by Crippen LogP contribution is 2.35. The van der Waals surface area contributed by atoms with Crippen LogP contribution in [0.15, 0.2) is 30.6 Å². The van der Waals surface area contributed by atoms with Crippen molar-refractivity contribution < 1.29 is 4.74 Å². The topological polar surface area (TPSA) is 54.3 Å². The van der Waals surface area contributed by atoms with Crippen molar-refractivity contribution in [1.29, 1.82) is 0 Å². The molecule has 0 unspecified atom stereocenters. The molecule has 1 aromatic carbocycles. The number of pyridine rings is 1. The van der Waals surface area contributed by atoms with Crippen LogP contribution >= 0.6 is 0 Å². The van der Waals surface area contributed by atoms with E-state index < -0.39 is 0 Å². The molecule has 1 atom stereocenters. The molecule has 136 valence electrons. The van der Waals surface area contributed by atoms with Gasteiger partial charge >= 0.3 is 0 Å². The molecule has 27 heavy (non-hydrogen) atoms. The second-order valence-corrected chi connectivity index (χ2v) is 7.40. The van der Waals surface area contributed by atoms with Crippen molar-refractivity contribution in [3.05, 3.63) is 64.3 Å². The Morgan fingerprint density at radius 1 is 1.26 bits per heavy atom. The van der Waals surface area contributed by atoms with Gasteiger partial charge in [-0.2, -0.15) is 0 Å². The lowest BCUT2D eigenvalue weighted by molar-refractivity contribution is 0.109. The van der Waals surface area contributed by atoms with Gasteiger partial charge in [0, 0.05) is 29.4 Å². The van der Waals surface area contributed by atoms with Crippen LogP contribution in [-0.4, -0.2) is 23.1 Å². The minimum absolute atomic E-state index is 0.379. The summed E-state index contributed by atoms with van der Waals surface area (Å²) in [6.07, 6.45) is 7.21. The van der Waals surface area contributed by atoms with E-state index >= 15 is 0 Å². The van der Waals surface area contributed by atoms with Gasteiger partial charge in [0.1, 0.15) is 5.65 Å². The van der Waals surface area contributed by atoms with E-state index in [4.69, 9.17) is 11.3 Å². The van der Waals surface area contributed by atoms with Crippen LogP contribution in [-0.2, 0) is 24.3 Å². The van der Waals surface area contributed by atoms with Crippen molar-refractivity contribution >= 4 is 11.0 Å². The third-order valence-electron chi connectivity index (χ3n) is 5.77. The van der Waals surface area contributed by atoms with Gasteiger partial charge in [-0.25, -0.2) is 11.6 Å². The van der Waals surface area contributed by atoms with E-state index in [0.717, 1.165) is 41.7 Å². The Balaban J connectivity index is 1.64. The average Bonchev–Trinajstić information content (AvgIpc) is 3.37. The molecule has 3 aromatic rings. The summed E-state index contributed by atoms with van der Waals surface area (Å²) >= 11 is 0. The van der Waals surface area contributed by atoms with Crippen molar-refractivity contribution in [2.45, 2.75) is 38.5 Å². The highest BCUT2D eigenvalue weighted by molar-refractivity contribution is 5.85. The maximum atomic E-state index is 7.17. The van der Waals surface area contributed by atoms with Crippen molar-refractivity contribution in [2.24, 2.45) is 0 Å². The molecular formula is C22H22N4O. The first-order chi connectivity index (χ1) is 13.3. The van der Waals surface area contributed by atoms with Crippen LogP contribution in [0.1, 0.15) is 41.1 Å². The molecule has 4 heterocycles. The van der Waals surface area contributed by atoms with E-state index in [1.807, 2.05) is 12.4 Å². The van der Waals surface area contributed by atoms with Gasteiger partial charge in [-0.1, -0.05) is 6.07 Å². The van der Waals surface area contributed by atoms with Crippen LogP contribution in [0.3, 0.4) is 0 Å². The highest BCUT2D eigenvalue weighted by atomic mass is 16.5. The molecule has 5 nitrogen and oxygen atoms in total. The Morgan fingerprint density at radius 3 is 3.07 bits per heavy atom. The van der Waals surface area contributed by atoms with Crippen LogP contribution in [0.25, 0.3) is 27.0 Å². The Morgan fingerprint density at radius 2 is 2.22 bits per heavy atom. The summed E-state index contributed by atoms with van der Waals surface area (Å²) in [6, 6.07) is 7.22. The summed E-state index contributed by atoms with van der Waals surface area (Å²) in [4.78, 5) is 11.3. The lowest BCUT2D eigenvalue weighted by Crippen LogP contribution is -2.19. The summed E-state index contributed by atoms with van der Waals surface area (Å²) in [7, 11) is 0. The lowest BCUT2D eigenvalue weighted by atomic mass is 9.88. The van der Waals surface area contributed by atoms with Crippen molar-refractivity contribution in [3.63, 3.8) is 0 Å². The third-order valence-corrected chi connectivity index (χ3v) is 5.77. The van der Waals surface area contributed by atoms with E-state index in [-0.39, 0.29) is 0 Å². The Kier molecular flexibility index (Phi) is 4.16. The Hall–Kier alpha value is -2.68. The molecule has 0 radical (unpaired) electrons. The summed E-state index contributed by atoms with van der Waals surface area (Å²) in [5, 5.41) is 4.69. The number of rotatable bonds is 3. The smallest absolute Gasteiger partial charge is 0.241 e. The van der Waals surface area contributed by atoms with Gasteiger partial charge in [-0.3, -0.25) is 0 Å². The molecule has 1 saturated heterocycles. The predicted octanol–water partition coefficient (Wildman–Crippen LogP) is 4.15. The standard InChI is InChI=1S/C22H22N4O/c1-23-10-17-12-26-22-18(17)9-16(11-25-22)15-7-14-4-6-27-13-20(14)19(8-15)21-3-2-5-24-21/h7-9,11-12,21,24H,2-6,10,13H2,(H,25,26)/t21-/m1/s1. The number of ether oxygens (including phenoxy) is 1. The summed E-state index contributed by atoms with van der Waals surface area (Å²) in [5.41, 5.74) is 8.34. The Labute approximate surface area is 158 Å². The first-order valence-electron chi connectivity index (χ1n) is 9.60. The van der Waals surface area contributed by atoms with E-state index in [1.54, 1.807) is 0 Å². The lowest BCUT2D eigenvalue weighted by Gasteiger charge is -2.24. The largest absolute Gasteiger partial charge is 0.376 e. The van der Waals surface area contributed by atoms with Crippen molar-refractivity contribution in [3.8, 4) is 11.1 Å². The summed E-state index contributed by atoms with van der Waals surface area (Å²) < 4.78 is 5.76. The molecular weight excluding hydrogens is 336 g/mol. The number of benzene rings is 1. The monoisotopic (exact) mass is 358 g/mol. The maximum absolute atomic E-state index is 7.17. The fourth-order valence-electron chi connectivity index (χ4n) is 4.37. The molecule has 0 aliphatic carbocycles. The van der Waals surface area contributed by atoms with E-state index in [2.05, 4.69) is 38.3 Å². The fraction of sp³-hybridized carbons (Fsp3) is 0.364. The first-order valence-corrected chi connectivity index (χ1v) is 9.60. The third kappa shape index (κ3) is 2.91.